The molecule has 0 radical (unpaired) electrons. The second-order valence-corrected chi connectivity index (χ2v) is 5.78. The first-order valence-electron chi connectivity index (χ1n) is 7.10. The number of rotatable bonds is 6. The van der Waals surface area contributed by atoms with E-state index in [1.54, 1.807) is 36.2 Å². The third-order valence-corrected chi connectivity index (χ3v) is 4.24. The molecule has 4 nitrogen and oxygen atoms in total. The van der Waals surface area contributed by atoms with E-state index in [1.807, 2.05) is 22.8 Å². The molecule has 2 aromatic heterocycles. The van der Waals surface area contributed by atoms with Crippen LogP contribution in [0.2, 0.25) is 0 Å². The number of nitrogens with zero attached hydrogens (tertiary/aromatic N) is 4. The zero-order valence-corrected chi connectivity index (χ0v) is 13.2. The predicted molar refractivity (Wildman–Crippen MR) is 89.4 cm³/mol. The van der Waals surface area contributed by atoms with Crippen molar-refractivity contribution in [1.82, 2.24) is 19.7 Å². The van der Waals surface area contributed by atoms with Crippen LogP contribution < -0.4 is 0 Å². The van der Waals surface area contributed by atoms with Crippen LogP contribution in [0.4, 0.5) is 4.39 Å². The number of thioether (sulfide) groups is 1. The quantitative estimate of drug-likeness (QED) is 0.508. The minimum atomic E-state index is -0.231. The summed E-state index contributed by atoms with van der Waals surface area (Å²) in [6, 6.07) is 12.2. The van der Waals surface area contributed by atoms with Crippen molar-refractivity contribution < 1.29 is 4.39 Å². The average molecular weight is 326 g/mol. The Labute approximate surface area is 138 Å². The lowest BCUT2D eigenvalue weighted by Gasteiger charge is -2.07. The lowest BCUT2D eigenvalue weighted by molar-refractivity contribution is 0.627. The van der Waals surface area contributed by atoms with Gasteiger partial charge in [0.05, 0.1) is 0 Å². The molecule has 0 amide bonds. The van der Waals surface area contributed by atoms with Gasteiger partial charge < -0.3 is 0 Å². The van der Waals surface area contributed by atoms with Gasteiger partial charge in [-0.25, -0.2) is 4.39 Å². The predicted octanol–water partition coefficient (Wildman–Crippen LogP) is 3.96. The Balaban J connectivity index is 1.83. The zero-order valence-electron chi connectivity index (χ0n) is 12.4. The van der Waals surface area contributed by atoms with E-state index in [9.17, 15) is 4.39 Å². The van der Waals surface area contributed by atoms with Gasteiger partial charge in [0.25, 0.3) is 0 Å². The summed E-state index contributed by atoms with van der Waals surface area (Å²) in [5.41, 5.74) is 1.81. The number of aromatic nitrogens is 4. The summed E-state index contributed by atoms with van der Waals surface area (Å²) >= 11 is 1.55. The highest BCUT2D eigenvalue weighted by Gasteiger charge is 2.14. The van der Waals surface area contributed by atoms with E-state index in [2.05, 4.69) is 21.8 Å². The fraction of sp³-hybridized carbons (Fsp3) is 0.118. The van der Waals surface area contributed by atoms with Gasteiger partial charge in [-0.3, -0.25) is 9.55 Å². The maximum Gasteiger partial charge on any atom is 0.192 e. The Kier molecular flexibility index (Phi) is 4.83. The Hall–Kier alpha value is -2.47. The summed E-state index contributed by atoms with van der Waals surface area (Å²) in [4.78, 5) is 4.32. The maximum absolute atomic E-state index is 13.0. The molecule has 0 unspecified atom stereocenters. The van der Waals surface area contributed by atoms with Gasteiger partial charge in [0.1, 0.15) is 11.5 Å². The molecule has 0 fully saturated rings. The minimum Gasteiger partial charge on any atom is -0.297 e. The van der Waals surface area contributed by atoms with Crippen molar-refractivity contribution in [2.75, 3.05) is 0 Å². The Bertz CT molecular complexity index is 784. The highest BCUT2D eigenvalue weighted by Crippen LogP contribution is 2.25. The Morgan fingerprint density at radius 3 is 2.65 bits per heavy atom. The summed E-state index contributed by atoms with van der Waals surface area (Å²) in [6.45, 7) is 4.39. The SMILES string of the molecule is C=CCn1c(SCc2ccc(F)cc2)nnc1-c1ccccn1. The average Bonchev–Trinajstić information content (AvgIpc) is 2.98. The number of halogens is 1. The van der Waals surface area contributed by atoms with Crippen molar-refractivity contribution in [3.05, 3.63) is 72.7 Å². The summed E-state index contributed by atoms with van der Waals surface area (Å²) in [5.74, 6) is 1.18. The topological polar surface area (TPSA) is 43.6 Å². The van der Waals surface area contributed by atoms with Crippen LogP contribution in [0.5, 0.6) is 0 Å². The zero-order chi connectivity index (χ0) is 16.1. The molecule has 0 saturated carbocycles. The Morgan fingerprint density at radius 1 is 1.13 bits per heavy atom. The molecule has 116 valence electrons. The molecule has 0 bridgehead atoms. The first kappa shape index (κ1) is 15.4. The van der Waals surface area contributed by atoms with Crippen molar-refractivity contribution in [3.8, 4) is 11.5 Å². The van der Waals surface area contributed by atoms with Gasteiger partial charge in [0.15, 0.2) is 11.0 Å². The summed E-state index contributed by atoms with van der Waals surface area (Å²) in [6.07, 6.45) is 3.53. The third kappa shape index (κ3) is 3.65. The van der Waals surface area contributed by atoms with Crippen molar-refractivity contribution in [2.45, 2.75) is 17.5 Å². The van der Waals surface area contributed by atoms with Crippen molar-refractivity contribution in [1.29, 1.82) is 0 Å². The van der Waals surface area contributed by atoms with Crippen LogP contribution >= 0.6 is 11.8 Å². The number of pyridine rings is 1. The van der Waals surface area contributed by atoms with Gasteiger partial charge in [0, 0.05) is 18.5 Å². The molecule has 0 saturated heterocycles. The lowest BCUT2D eigenvalue weighted by Crippen LogP contribution is -2.01. The van der Waals surface area contributed by atoms with Crippen LogP contribution in [0.25, 0.3) is 11.5 Å². The highest BCUT2D eigenvalue weighted by molar-refractivity contribution is 7.98. The molecule has 3 aromatic rings. The van der Waals surface area contributed by atoms with Crippen molar-refractivity contribution in [3.63, 3.8) is 0 Å². The monoisotopic (exact) mass is 326 g/mol. The van der Waals surface area contributed by atoms with E-state index in [-0.39, 0.29) is 5.82 Å². The van der Waals surface area contributed by atoms with Crippen LogP contribution in [0.1, 0.15) is 5.56 Å². The van der Waals surface area contributed by atoms with E-state index in [0.717, 1.165) is 16.4 Å². The van der Waals surface area contributed by atoms with Crippen LogP contribution in [0, 0.1) is 5.82 Å². The highest BCUT2D eigenvalue weighted by atomic mass is 32.2. The molecule has 3 rings (SSSR count). The molecular weight excluding hydrogens is 311 g/mol. The number of hydrogen-bond acceptors (Lipinski definition) is 4. The summed E-state index contributed by atoms with van der Waals surface area (Å²) < 4.78 is 14.9. The second kappa shape index (κ2) is 7.19. The maximum atomic E-state index is 13.0. The Morgan fingerprint density at radius 2 is 1.96 bits per heavy atom. The molecule has 0 aliphatic heterocycles. The molecule has 23 heavy (non-hydrogen) atoms. The second-order valence-electron chi connectivity index (χ2n) is 4.84. The van der Waals surface area contributed by atoms with E-state index < -0.39 is 0 Å². The summed E-state index contributed by atoms with van der Waals surface area (Å²) in [5, 5.41) is 9.30. The van der Waals surface area contributed by atoms with E-state index in [1.165, 1.54) is 12.1 Å². The molecule has 1 aromatic carbocycles. The van der Waals surface area contributed by atoms with Gasteiger partial charge in [-0.2, -0.15) is 0 Å². The molecule has 6 heteroatoms. The number of hydrogen-bond donors (Lipinski definition) is 0. The third-order valence-electron chi connectivity index (χ3n) is 3.20. The van der Waals surface area contributed by atoms with E-state index in [0.29, 0.717) is 18.1 Å². The van der Waals surface area contributed by atoms with Gasteiger partial charge in [-0.1, -0.05) is 36.0 Å². The minimum absolute atomic E-state index is 0.231. The first-order chi connectivity index (χ1) is 11.3. The van der Waals surface area contributed by atoms with Crippen molar-refractivity contribution in [2.24, 2.45) is 0 Å². The van der Waals surface area contributed by atoms with Crippen molar-refractivity contribution >= 4 is 11.8 Å². The largest absolute Gasteiger partial charge is 0.297 e. The molecule has 0 N–H and O–H groups in total. The van der Waals surface area contributed by atoms with E-state index in [4.69, 9.17) is 0 Å². The molecule has 0 atom stereocenters. The van der Waals surface area contributed by atoms with Crippen LogP contribution in [-0.2, 0) is 12.3 Å². The van der Waals surface area contributed by atoms with Gasteiger partial charge in [-0.15, -0.1) is 16.8 Å². The molecule has 2 heterocycles. The fourth-order valence-corrected chi connectivity index (χ4v) is 3.01. The fourth-order valence-electron chi connectivity index (χ4n) is 2.10. The lowest BCUT2D eigenvalue weighted by atomic mass is 10.2. The molecule has 0 aliphatic rings. The number of allylic oxidation sites excluding steroid dienone is 1. The standard InChI is InChI=1S/C17H15FN4S/c1-2-11-22-16(15-5-3-4-10-19-15)20-21-17(22)23-12-13-6-8-14(18)9-7-13/h2-10H,1,11-12H2. The van der Waals surface area contributed by atoms with Gasteiger partial charge >= 0.3 is 0 Å². The molecular formula is C17H15FN4S. The van der Waals surface area contributed by atoms with Gasteiger partial charge in [-0.05, 0) is 29.8 Å². The smallest absolute Gasteiger partial charge is 0.192 e. The van der Waals surface area contributed by atoms with Crippen LogP contribution in [-0.4, -0.2) is 19.7 Å². The molecule has 0 spiro atoms. The molecule has 0 aliphatic carbocycles. The van der Waals surface area contributed by atoms with E-state index >= 15 is 0 Å². The number of benzene rings is 1. The first-order valence-corrected chi connectivity index (χ1v) is 8.09. The van der Waals surface area contributed by atoms with Gasteiger partial charge in [0.2, 0.25) is 0 Å². The van der Waals surface area contributed by atoms with Crippen LogP contribution in [0.15, 0.2) is 66.5 Å². The normalized spacial score (nSPS) is 10.7. The van der Waals surface area contributed by atoms with Crippen LogP contribution in [0.3, 0.4) is 0 Å². The summed E-state index contributed by atoms with van der Waals surface area (Å²) in [7, 11) is 0.